The van der Waals surface area contributed by atoms with Gasteiger partial charge in [0, 0.05) is 12.5 Å². The number of methoxy groups -OCH3 is 1. The molecule has 2 aliphatic rings. The first-order chi connectivity index (χ1) is 15.5. The van der Waals surface area contributed by atoms with Crippen molar-refractivity contribution in [2.75, 3.05) is 13.7 Å². The average molecular weight is 435 g/mol. The highest BCUT2D eigenvalue weighted by atomic mass is 19.1. The quantitative estimate of drug-likeness (QED) is 0.681. The van der Waals surface area contributed by atoms with Crippen molar-refractivity contribution in [1.82, 2.24) is 14.7 Å². The first kappa shape index (κ1) is 20.2. The van der Waals surface area contributed by atoms with Crippen LogP contribution in [-0.4, -0.2) is 45.4 Å². The number of hydrogen-bond acceptors (Lipinski definition) is 5. The normalized spacial score (nSPS) is 20.6. The zero-order valence-corrected chi connectivity index (χ0v) is 17.4. The van der Waals surface area contributed by atoms with Crippen LogP contribution in [0.2, 0.25) is 0 Å². The molecule has 1 saturated heterocycles. The second-order valence-corrected chi connectivity index (χ2v) is 8.15. The van der Waals surface area contributed by atoms with E-state index in [9.17, 15) is 19.1 Å². The van der Waals surface area contributed by atoms with Crippen LogP contribution in [0.1, 0.15) is 46.4 Å². The van der Waals surface area contributed by atoms with E-state index in [1.807, 2.05) is 24.3 Å². The maximum absolute atomic E-state index is 13.7. The molecule has 1 aromatic heterocycles. The number of amides is 1. The summed E-state index contributed by atoms with van der Waals surface area (Å²) in [5.41, 5.74) is 0.980. The molecule has 0 radical (unpaired) electrons. The van der Waals surface area contributed by atoms with Crippen LogP contribution < -0.4 is 10.2 Å². The molecular formula is C24H22FN3O4. The van der Waals surface area contributed by atoms with Gasteiger partial charge in [-0.15, -0.1) is 0 Å². The van der Waals surface area contributed by atoms with Crippen molar-refractivity contribution in [3.8, 4) is 11.5 Å². The number of hydrogen-bond donors (Lipinski definition) is 1. The molecule has 32 heavy (non-hydrogen) atoms. The van der Waals surface area contributed by atoms with Crippen molar-refractivity contribution < 1.29 is 19.0 Å². The molecular weight excluding hydrogens is 413 g/mol. The molecule has 1 fully saturated rings. The Kier molecular flexibility index (Phi) is 4.92. The summed E-state index contributed by atoms with van der Waals surface area (Å²) in [6.45, 7) is 0.543. The Hall–Kier alpha value is -3.68. The van der Waals surface area contributed by atoms with Crippen molar-refractivity contribution in [2.24, 2.45) is 0 Å². The Morgan fingerprint density at radius 3 is 2.41 bits per heavy atom. The summed E-state index contributed by atoms with van der Waals surface area (Å²) in [6.07, 6.45) is 2.61. The number of carbonyl (C=O) groups is 1. The largest absolute Gasteiger partial charge is 0.502 e. The number of nitrogens with zero attached hydrogens (tertiary/aromatic N) is 3. The van der Waals surface area contributed by atoms with E-state index in [-0.39, 0.29) is 29.4 Å². The van der Waals surface area contributed by atoms with Crippen LogP contribution in [0.3, 0.4) is 0 Å². The third-order valence-electron chi connectivity index (χ3n) is 6.47. The van der Waals surface area contributed by atoms with Crippen molar-refractivity contribution in [2.45, 2.75) is 30.8 Å². The first-order valence-corrected chi connectivity index (χ1v) is 10.5. The van der Waals surface area contributed by atoms with E-state index in [2.05, 4.69) is 5.10 Å². The van der Waals surface area contributed by atoms with E-state index in [0.717, 1.165) is 30.2 Å². The monoisotopic (exact) mass is 435 g/mol. The average Bonchev–Trinajstić information content (AvgIpc) is 3.30. The molecule has 2 aromatic carbocycles. The highest BCUT2D eigenvalue weighted by Crippen LogP contribution is 2.45. The van der Waals surface area contributed by atoms with E-state index in [1.165, 1.54) is 16.8 Å². The third kappa shape index (κ3) is 3.14. The van der Waals surface area contributed by atoms with Crippen molar-refractivity contribution in [3.05, 3.63) is 87.6 Å². The number of benzene rings is 2. The lowest BCUT2D eigenvalue weighted by Gasteiger charge is -2.42. The van der Waals surface area contributed by atoms with Gasteiger partial charge in [-0.3, -0.25) is 14.3 Å². The van der Waals surface area contributed by atoms with E-state index >= 15 is 0 Å². The Morgan fingerprint density at radius 1 is 1.09 bits per heavy atom. The van der Waals surface area contributed by atoms with Crippen LogP contribution in [0.25, 0.3) is 0 Å². The maximum atomic E-state index is 13.7. The lowest BCUT2D eigenvalue weighted by molar-refractivity contribution is 0.0565. The molecule has 3 heterocycles. The van der Waals surface area contributed by atoms with E-state index in [1.54, 1.807) is 24.1 Å². The van der Waals surface area contributed by atoms with Gasteiger partial charge in [0.05, 0.1) is 25.4 Å². The smallest absolute Gasteiger partial charge is 0.276 e. The van der Waals surface area contributed by atoms with Crippen molar-refractivity contribution in [3.63, 3.8) is 0 Å². The van der Waals surface area contributed by atoms with E-state index < -0.39 is 17.2 Å². The standard InChI is InChI=1S/C24H22FN3O4/c1-32-17-10-6-15(7-11-17)20(14-4-8-16(25)9-5-14)21-18-3-2-12-27(18)24(31)22-23(30)19(29)13-26-28(21)22/h4-11,13,18,20-21,30H,2-3,12H2,1H3/t18-,20+,21-/m1/s1. The molecule has 0 unspecified atom stereocenters. The van der Waals surface area contributed by atoms with Gasteiger partial charge in [0.2, 0.25) is 5.43 Å². The van der Waals surface area contributed by atoms with Crippen molar-refractivity contribution >= 4 is 5.91 Å². The van der Waals surface area contributed by atoms with E-state index in [0.29, 0.717) is 12.3 Å². The molecule has 0 bridgehead atoms. The summed E-state index contributed by atoms with van der Waals surface area (Å²) in [5.74, 6) is -0.934. The second-order valence-electron chi connectivity index (χ2n) is 8.15. The first-order valence-electron chi connectivity index (χ1n) is 10.5. The fourth-order valence-electron chi connectivity index (χ4n) is 5.01. The van der Waals surface area contributed by atoms with Crippen LogP contribution in [0.5, 0.6) is 11.5 Å². The van der Waals surface area contributed by atoms with Gasteiger partial charge in [0.25, 0.3) is 5.91 Å². The fourth-order valence-corrected chi connectivity index (χ4v) is 5.01. The SMILES string of the molecule is COc1ccc([C@H](c2ccc(F)cc2)[C@H]2[C@H]3CCCN3C(=O)c3c(O)c(=O)cnn32)cc1. The molecule has 1 N–H and O–H groups in total. The van der Waals surface area contributed by atoms with Crippen LogP contribution >= 0.6 is 0 Å². The minimum Gasteiger partial charge on any atom is -0.502 e. The van der Waals surface area contributed by atoms with Gasteiger partial charge in [-0.05, 0) is 48.2 Å². The topological polar surface area (TPSA) is 84.7 Å². The third-order valence-corrected chi connectivity index (χ3v) is 6.47. The molecule has 5 rings (SSSR count). The number of rotatable bonds is 4. The second kappa shape index (κ2) is 7.78. The Morgan fingerprint density at radius 2 is 1.75 bits per heavy atom. The summed E-state index contributed by atoms with van der Waals surface area (Å²) >= 11 is 0. The van der Waals surface area contributed by atoms with Crippen LogP contribution in [0.4, 0.5) is 4.39 Å². The molecule has 2 aliphatic heterocycles. The molecule has 3 aromatic rings. The number of aromatic nitrogens is 2. The summed E-state index contributed by atoms with van der Waals surface area (Å²) in [6, 6.07) is 13.3. The van der Waals surface area contributed by atoms with Gasteiger partial charge in [-0.2, -0.15) is 5.10 Å². The Balaban J connectivity index is 1.75. The highest BCUT2D eigenvalue weighted by molar-refractivity contribution is 5.96. The minimum atomic E-state index is -0.691. The zero-order chi connectivity index (χ0) is 22.4. The molecule has 0 saturated carbocycles. The molecule has 8 heteroatoms. The molecule has 164 valence electrons. The number of fused-ring (bicyclic) bond motifs is 2. The zero-order valence-electron chi connectivity index (χ0n) is 17.4. The van der Waals surface area contributed by atoms with Crippen LogP contribution in [0, 0.1) is 5.82 Å². The maximum Gasteiger partial charge on any atom is 0.276 e. The van der Waals surface area contributed by atoms with E-state index in [4.69, 9.17) is 4.74 Å². The summed E-state index contributed by atoms with van der Waals surface area (Å²) in [7, 11) is 1.59. The Labute approximate surface area is 183 Å². The number of aromatic hydroxyl groups is 1. The van der Waals surface area contributed by atoms with Crippen LogP contribution in [-0.2, 0) is 0 Å². The predicted molar refractivity (Wildman–Crippen MR) is 114 cm³/mol. The number of carbonyl (C=O) groups excluding carboxylic acids is 1. The van der Waals surface area contributed by atoms with Crippen LogP contribution in [0.15, 0.2) is 59.5 Å². The number of halogens is 1. The lowest BCUT2D eigenvalue weighted by atomic mass is 9.80. The lowest BCUT2D eigenvalue weighted by Crippen LogP contribution is -2.50. The number of ether oxygens (including phenoxy) is 1. The molecule has 0 spiro atoms. The molecule has 3 atom stereocenters. The van der Waals surface area contributed by atoms with Gasteiger partial charge in [-0.25, -0.2) is 4.39 Å². The summed E-state index contributed by atoms with van der Waals surface area (Å²) in [5, 5.41) is 14.8. The Bertz CT molecular complexity index is 1220. The fraction of sp³-hybridized carbons (Fsp3) is 0.292. The highest BCUT2D eigenvalue weighted by Gasteiger charge is 2.48. The minimum absolute atomic E-state index is 0.0960. The molecule has 0 aliphatic carbocycles. The molecule has 7 nitrogen and oxygen atoms in total. The molecule has 1 amide bonds. The van der Waals surface area contributed by atoms with Gasteiger partial charge in [0.1, 0.15) is 11.6 Å². The summed E-state index contributed by atoms with van der Waals surface area (Å²) in [4.78, 5) is 27.0. The van der Waals surface area contributed by atoms with Gasteiger partial charge < -0.3 is 14.7 Å². The van der Waals surface area contributed by atoms with Gasteiger partial charge in [-0.1, -0.05) is 24.3 Å². The predicted octanol–water partition coefficient (Wildman–Crippen LogP) is 3.09. The van der Waals surface area contributed by atoms with Gasteiger partial charge >= 0.3 is 0 Å². The summed E-state index contributed by atoms with van der Waals surface area (Å²) < 4.78 is 20.5. The van der Waals surface area contributed by atoms with Crippen molar-refractivity contribution in [1.29, 1.82) is 0 Å². The van der Waals surface area contributed by atoms with Gasteiger partial charge in [0.15, 0.2) is 11.4 Å².